The summed E-state index contributed by atoms with van der Waals surface area (Å²) in [5, 5.41) is 13.8. The lowest BCUT2D eigenvalue weighted by molar-refractivity contribution is 0.0672. The average Bonchev–Trinajstić information content (AvgIpc) is 2.70. The highest BCUT2D eigenvalue weighted by Gasteiger charge is 2.33. The zero-order chi connectivity index (χ0) is 12.8. The van der Waals surface area contributed by atoms with Crippen molar-refractivity contribution in [2.24, 2.45) is 0 Å². The maximum Gasteiger partial charge on any atom is 0.354 e. The Morgan fingerprint density at radius 2 is 2.06 bits per heavy atom. The molecule has 0 saturated carbocycles. The zero-order valence-electron chi connectivity index (χ0n) is 10.8. The van der Waals surface area contributed by atoms with Crippen LogP contribution in [0.4, 0.5) is 0 Å². The van der Waals surface area contributed by atoms with Gasteiger partial charge in [-0.2, -0.15) is 5.10 Å². The quantitative estimate of drug-likeness (QED) is 0.850. The third-order valence-electron chi connectivity index (χ3n) is 3.11. The number of aromatic carboxylic acids is 1. The molecule has 2 rings (SSSR count). The maximum absolute atomic E-state index is 11.4. The summed E-state index contributed by atoms with van der Waals surface area (Å²) < 4.78 is 1.65. The summed E-state index contributed by atoms with van der Waals surface area (Å²) in [4.78, 5) is 13.6. The molecule has 5 nitrogen and oxygen atoms in total. The van der Waals surface area contributed by atoms with E-state index < -0.39 is 5.97 Å². The smallest absolute Gasteiger partial charge is 0.354 e. The van der Waals surface area contributed by atoms with Crippen LogP contribution in [0.1, 0.15) is 49.4 Å². The third kappa shape index (κ3) is 1.95. The Labute approximate surface area is 101 Å². The molecular weight excluding hydrogens is 218 g/mol. The number of carboxylic acids is 1. The molecule has 0 amide bonds. The normalized spacial score (nSPS) is 16.2. The first-order chi connectivity index (χ1) is 7.84. The molecule has 1 aromatic heterocycles. The molecule has 17 heavy (non-hydrogen) atoms. The van der Waals surface area contributed by atoms with Crippen molar-refractivity contribution in [2.75, 3.05) is 6.54 Å². The van der Waals surface area contributed by atoms with Crippen LogP contribution in [0.25, 0.3) is 0 Å². The largest absolute Gasteiger partial charge is 0.477 e. The minimum atomic E-state index is -0.883. The molecule has 0 bridgehead atoms. The van der Waals surface area contributed by atoms with Gasteiger partial charge < -0.3 is 5.11 Å². The van der Waals surface area contributed by atoms with Gasteiger partial charge in [-0.25, -0.2) is 4.79 Å². The molecule has 0 spiro atoms. The molecule has 2 heterocycles. The number of hydrogen-bond acceptors (Lipinski definition) is 3. The fourth-order valence-electron chi connectivity index (χ4n) is 2.21. The first kappa shape index (κ1) is 12.1. The highest BCUT2D eigenvalue weighted by molar-refractivity contribution is 5.88. The second-order valence-electron chi connectivity index (χ2n) is 5.46. The van der Waals surface area contributed by atoms with E-state index in [0.29, 0.717) is 12.2 Å². The fourth-order valence-corrected chi connectivity index (χ4v) is 2.21. The molecule has 1 aromatic rings. The summed E-state index contributed by atoms with van der Waals surface area (Å²) in [6.07, 6.45) is 0. The maximum atomic E-state index is 11.4. The lowest BCUT2D eigenvalue weighted by Gasteiger charge is -2.22. The number of hydrogen-bond donors (Lipinski definition) is 1. The highest BCUT2D eigenvalue weighted by atomic mass is 16.4. The zero-order valence-corrected chi connectivity index (χ0v) is 10.8. The van der Waals surface area contributed by atoms with Crippen LogP contribution in [-0.2, 0) is 18.6 Å². The van der Waals surface area contributed by atoms with Crippen LogP contribution < -0.4 is 0 Å². The third-order valence-corrected chi connectivity index (χ3v) is 3.11. The Bertz CT molecular complexity index is 457. The topological polar surface area (TPSA) is 58.4 Å². The van der Waals surface area contributed by atoms with Crippen molar-refractivity contribution < 1.29 is 9.90 Å². The Morgan fingerprint density at radius 1 is 1.41 bits per heavy atom. The molecular formula is C12H19N3O2. The summed E-state index contributed by atoms with van der Waals surface area (Å²) in [6, 6.07) is 0. The van der Waals surface area contributed by atoms with Crippen molar-refractivity contribution in [2.45, 2.75) is 46.3 Å². The predicted molar refractivity (Wildman–Crippen MR) is 64.0 cm³/mol. The highest BCUT2D eigenvalue weighted by Crippen LogP contribution is 2.28. The Kier molecular flexibility index (Phi) is 2.73. The van der Waals surface area contributed by atoms with E-state index in [1.165, 1.54) is 0 Å². The molecule has 1 N–H and O–H groups in total. The molecule has 1 aliphatic heterocycles. The molecule has 0 unspecified atom stereocenters. The van der Waals surface area contributed by atoms with E-state index in [0.717, 1.165) is 24.3 Å². The van der Waals surface area contributed by atoms with Gasteiger partial charge in [0, 0.05) is 18.7 Å². The van der Waals surface area contributed by atoms with Crippen molar-refractivity contribution in [3.63, 3.8) is 0 Å². The molecule has 0 aliphatic carbocycles. The van der Waals surface area contributed by atoms with E-state index in [9.17, 15) is 9.90 Å². The van der Waals surface area contributed by atoms with Gasteiger partial charge in [-0.1, -0.05) is 6.92 Å². The first-order valence-corrected chi connectivity index (χ1v) is 5.91. The van der Waals surface area contributed by atoms with E-state index in [2.05, 4.69) is 16.9 Å². The number of rotatable bonds is 2. The fraction of sp³-hybridized carbons (Fsp3) is 0.667. The molecule has 0 saturated heterocycles. The minimum Gasteiger partial charge on any atom is -0.477 e. The second-order valence-corrected chi connectivity index (χ2v) is 5.46. The van der Waals surface area contributed by atoms with Crippen LogP contribution in [0.2, 0.25) is 0 Å². The van der Waals surface area contributed by atoms with Crippen LogP contribution in [0, 0.1) is 0 Å². The van der Waals surface area contributed by atoms with E-state index in [1.54, 1.807) is 4.68 Å². The standard InChI is InChI=1S/C12H19N3O2/c1-5-14-6-8-9(7-14)13-15(12(2,3)4)10(8)11(16)17/h5-7H2,1-4H3,(H,16,17). The summed E-state index contributed by atoms with van der Waals surface area (Å²) in [5.74, 6) is -0.883. The lowest BCUT2D eigenvalue weighted by Crippen LogP contribution is -2.29. The van der Waals surface area contributed by atoms with Crippen LogP contribution in [-0.4, -0.2) is 32.3 Å². The minimum absolute atomic E-state index is 0.297. The van der Waals surface area contributed by atoms with Crippen LogP contribution in [0.5, 0.6) is 0 Å². The van der Waals surface area contributed by atoms with Crippen molar-refractivity contribution >= 4 is 5.97 Å². The molecule has 94 valence electrons. The van der Waals surface area contributed by atoms with Gasteiger partial charge in [0.1, 0.15) is 0 Å². The van der Waals surface area contributed by atoms with Crippen LogP contribution in [0.15, 0.2) is 0 Å². The van der Waals surface area contributed by atoms with Gasteiger partial charge in [0.2, 0.25) is 0 Å². The van der Waals surface area contributed by atoms with E-state index >= 15 is 0 Å². The second kappa shape index (κ2) is 3.84. The number of carboxylic acid groups (broad SMARTS) is 1. The molecule has 0 fully saturated rings. The monoisotopic (exact) mass is 237 g/mol. The summed E-state index contributed by atoms with van der Waals surface area (Å²) in [6.45, 7) is 10.4. The average molecular weight is 237 g/mol. The van der Waals surface area contributed by atoms with Crippen molar-refractivity contribution in [1.29, 1.82) is 0 Å². The number of fused-ring (bicyclic) bond motifs is 1. The lowest BCUT2D eigenvalue weighted by atomic mass is 10.1. The predicted octanol–water partition coefficient (Wildman–Crippen LogP) is 1.67. The molecule has 0 aromatic carbocycles. The van der Waals surface area contributed by atoms with Gasteiger partial charge in [-0.15, -0.1) is 0 Å². The number of aromatic nitrogens is 2. The Hall–Kier alpha value is -1.36. The van der Waals surface area contributed by atoms with Gasteiger partial charge in [-0.05, 0) is 27.3 Å². The summed E-state index contributed by atoms with van der Waals surface area (Å²) >= 11 is 0. The Morgan fingerprint density at radius 3 is 2.53 bits per heavy atom. The Balaban J connectivity index is 2.51. The van der Waals surface area contributed by atoms with Gasteiger partial charge in [0.25, 0.3) is 0 Å². The number of nitrogens with zero attached hydrogens (tertiary/aromatic N) is 3. The van der Waals surface area contributed by atoms with E-state index in [1.807, 2.05) is 20.8 Å². The van der Waals surface area contributed by atoms with Crippen molar-refractivity contribution in [3.8, 4) is 0 Å². The van der Waals surface area contributed by atoms with Crippen molar-refractivity contribution in [3.05, 3.63) is 17.0 Å². The first-order valence-electron chi connectivity index (χ1n) is 5.91. The van der Waals surface area contributed by atoms with Crippen molar-refractivity contribution in [1.82, 2.24) is 14.7 Å². The molecule has 5 heteroatoms. The number of carbonyl (C=O) groups is 1. The summed E-state index contributed by atoms with van der Waals surface area (Å²) in [5.41, 5.74) is 1.85. The van der Waals surface area contributed by atoms with Gasteiger partial charge in [0.05, 0.1) is 11.2 Å². The van der Waals surface area contributed by atoms with Gasteiger partial charge in [-0.3, -0.25) is 9.58 Å². The SMILES string of the molecule is CCN1Cc2nn(C(C)(C)C)c(C(=O)O)c2C1. The van der Waals surface area contributed by atoms with Gasteiger partial charge in [0.15, 0.2) is 5.69 Å². The molecule has 0 radical (unpaired) electrons. The summed E-state index contributed by atoms with van der Waals surface area (Å²) in [7, 11) is 0. The molecule has 0 atom stereocenters. The van der Waals surface area contributed by atoms with Crippen LogP contribution in [0.3, 0.4) is 0 Å². The van der Waals surface area contributed by atoms with E-state index in [4.69, 9.17) is 0 Å². The van der Waals surface area contributed by atoms with Gasteiger partial charge >= 0.3 is 5.97 Å². The van der Waals surface area contributed by atoms with Crippen LogP contribution >= 0.6 is 0 Å². The molecule has 1 aliphatic rings. The van der Waals surface area contributed by atoms with E-state index in [-0.39, 0.29) is 5.54 Å².